The van der Waals surface area contributed by atoms with Crippen LogP contribution in [-0.2, 0) is 0 Å². The van der Waals surface area contributed by atoms with Gasteiger partial charge in [0, 0.05) is 16.6 Å². The van der Waals surface area contributed by atoms with Gasteiger partial charge in [0.05, 0.1) is 6.10 Å². The fraction of sp³-hybridized carbons (Fsp3) is 0.333. The van der Waals surface area contributed by atoms with Crippen molar-refractivity contribution in [2.24, 2.45) is 5.73 Å². The van der Waals surface area contributed by atoms with Crippen LogP contribution in [0.5, 0.6) is 0 Å². The van der Waals surface area contributed by atoms with Crippen molar-refractivity contribution in [3.63, 3.8) is 0 Å². The monoisotopic (exact) mass is 247 g/mol. The highest BCUT2D eigenvalue weighted by Gasteiger charge is 2.15. The summed E-state index contributed by atoms with van der Waals surface area (Å²) in [5.41, 5.74) is 6.23. The first-order valence-electron chi connectivity index (χ1n) is 3.90. The maximum atomic E-state index is 13.2. The zero-order valence-corrected chi connectivity index (χ0v) is 8.81. The summed E-state index contributed by atoms with van der Waals surface area (Å²) in [4.78, 5) is 0. The topological polar surface area (TPSA) is 46.2 Å². The highest BCUT2D eigenvalue weighted by Crippen LogP contribution is 2.26. The largest absolute Gasteiger partial charge is 0.387 e. The smallest absolute Gasteiger partial charge is 0.129 e. The molecule has 0 aromatic heterocycles. The Balaban J connectivity index is 3.25. The molecule has 3 N–H and O–H groups in total. The zero-order chi connectivity index (χ0) is 10.0. The molecule has 0 saturated heterocycles. The second-order valence-electron chi connectivity index (χ2n) is 2.82. The van der Waals surface area contributed by atoms with E-state index in [0.717, 1.165) is 4.47 Å². The quantitative estimate of drug-likeness (QED) is 0.839. The molecule has 1 aromatic carbocycles. The predicted molar refractivity (Wildman–Crippen MR) is 52.9 cm³/mol. The van der Waals surface area contributed by atoms with E-state index in [-0.39, 0.29) is 12.1 Å². The molecule has 0 bridgehead atoms. The molecule has 0 fully saturated rings. The van der Waals surface area contributed by atoms with Crippen molar-refractivity contribution >= 4 is 15.9 Å². The molecule has 1 rings (SSSR count). The Morgan fingerprint density at radius 2 is 2.23 bits per heavy atom. The number of benzene rings is 1. The van der Waals surface area contributed by atoms with Crippen molar-refractivity contribution in [3.05, 3.63) is 33.5 Å². The van der Waals surface area contributed by atoms with Gasteiger partial charge in [-0.15, -0.1) is 0 Å². The van der Waals surface area contributed by atoms with Crippen LogP contribution in [0.15, 0.2) is 16.6 Å². The Labute approximate surface area is 84.7 Å². The van der Waals surface area contributed by atoms with Crippen LogP contribution >= 0.6 is 15.9 Å². The summed E-state index contributed by atoms with van der Waals surface area (Å²) in [6.07, 6.45) is -0.933. The maximum absolute atomic E-state index is 13.2. The van der Waals surface area contributed by atoms with Gasteiger partial charge in [0.15, 0.2) is 0 Å². The van der Waals surface area contributed by atoms with Crippen molar-refractivity contribution in [1.29, 1.82) is 0 Å². The molecule has 0 aliphatic carbocycles. The van der Waals surface area contributed by atoms with Gasteiger partial charge in [-0.25, -0.2) is 4.39 Å². The first kappa shape index (κ1) is 10.6. The number of halogens is 2. The molecule has 72 valence electrons. The first-order chi connectivity index (χ1) is 6.07. The predicted octanol–water partition coefficient (Wildman–Crippen LogP) is 1.89. The minimum Gasteiger partial charge on any atom is -0.387 e. The summed E-state index contributed by atoms with van der Waals surface area (Å²) in [6, 6.07) is 2.92. The third-order valence-corrected chi connectivity index (χ3v) is 2.81. The summed E-state index contributed by atoms with van der Waals surface area (Å²) in [5, 5.41) is 9.43. The van der Waals surface area contributed by atoms with E-state index in [4.69, 9.17) is 5.73 Å². The molecule has 0 heterocycles. The van der Waals surface area contributed by atoms with Gasteiger partial charge in [-0.2, -0.15) is 0 Å². The molecule has 1 unspecified atom stereocenters. The van der Waals surface area contributed by atoms with Gasteiger partial charge in [0.1, 0.15) is 5.82 Å². The fourth-order valence-corrected chi connectivity index (χ4v) is 1.54. The van der Waals surface area contributed by atoms with Crippen LogP contribution in [0.3, 0.4) is 0 Å². The number of hydrogen-bond donors (Lipinski definition) is 2. The Morgan fingerprint density at radius 3 is 2.77 bits per heavy atom. The number of nitrogens with two attached hydrogens (primary N) is 1. The van der Waals surface area contributed by atoms with E-state index in [1.165, 1.54) is 6.07 Å². The molecule has 0 aliphatic heterocycles. The Hall–Kier alpha value is -0.450. The molecule has 1 atom stereocenters. The molecule has 0 saturated carbocycles. The normalized spacial score (nSPS) is 13.0. The summed E-state index contributed by atoms with van der Waals surface area (Å²) in [5.74, 6) is -0.418. The van der Waals surface area contributed by atoms with Crippen LogP contribution in [0, 0.1) is 12.7 Å². The lowest BCUT2D eigenvalue weighted by Crippen LogP contribution is -2.14. The minimum absolute atomic E-state index is 0.0220. The van der Waals surface area contributed by atoms with Crippen molar-refractivity contribution < 1.29 is 9.50 Å². The van der Waals surface area contributed by atoms with Crippen LogP contribution in [0.1, 0.15) is 17.2 Å². The minimum atomic E-state index is -0.933. The van der Waals surface area contributed by atoms with E-state index in [0.29, 0.717) is 5.56 Å². The van der Waals surface area contributed by atoms with E-state index < -0.39 is 11.9 Å². The average Bonchev–Trinajstić information content (AvgIpc) is 2.12. The van der Waals surface area contributed by atoms with Crippen LogP contribution in [0.2, 0.25) is 0 Å². The van der Waals surface area contributed by atoms with Gasteiger partial charge in [-0.05, 0) is 24.6 Å². The third-order valence-electron chi connectivity index (χ3n) is 1.95. The van der Waals surface area contributed by atoms with E-state index in [2.05, 4.69) is 15.9 Å². The summed E-state index contributed by atoms with van der Waals surface area (Å²) in [6.45, 7) is 1.76. The summed E-state index contributed by atoms with van der Waals surface area (Å²) in [7, 11) is 0. The highest BCUT2D eigenvalue weighted by molar-refractivity contribution is 9.10. The molecular weight excluding hydrogens is 237 g/mol. The molecular formula is C9H11BrFNO. The molecule has 13 heavy (non-hydrogen) atoms. The van der Waals surface area contributed by atoms with Crippen molar-refractivity contribution in [1.82, 2.24) is 0 Å². The number of rotatable bonds is 2. The van der Waals surface area contributed by atoms with E-state index >= 15 is 0 Å². The number of aliphatic hydroxyl groups excluding tert-OH is 1. The first-order valence-corrected chi connectivity index (χ1v) is 4.70. The van der Waals surface area contributed by atoms with Crippen LogP contribution in [-0.4, -0.2) is 11.7 Å². The second kappa shape index (κ2) is 4.17. The molecule has 4 heteroatoms. The van der Waals surface area contributed by atoms with Crippen molar-refractivity contribution in [2.45, 2.75) is 13.0 Å². The standard InChI is InChI=1S/C9H11BrFNO/c1-5-6(10)2-3-7(11)9(5)8(13)4-12/h2-3,8,13H,4,12H2,1H3. The van der Waals surface area contributed by atoms with Gasteiger partial charge in [-0.3, -0.25) is 0 Å². The maximum Gasteiger partial charge on any atom is 0.129 e. The zero-order valence-electron chi connectivity index (χ0n) is 7.22. The van der Waals surface area contributed by atoms with Crippen LogP contribution in [0.4, 0.5) is 4.39 Å². The molecule has 0 amide bonds. The van der Waals surface area contributed by atoms with Crippen LogP contribution < -0.4 is 5.73 Å². The van der Waals surface area contributed by atoms with Gasteiger partial charge in [0.25, 0.3) is 0 Å². The van der Waals surface area contributed by atoms with Crippen molar-refractivity contribution in [3.8, 4) is 0 Å². The lowest BCUT2D eigenvalue weighted by atomic mass is 10.0. The molecule has 0 radical (unpaired) electrons. The van der Waals surface area contributed by atoms with Gasteiger partial charge >= 0.3 is 0 Å². The molecule has 2 nitrogen and oxygen atoms in total. The molecule has 0 spiro atoms. The number of hydrogen-bond acceptors (Lipinski definition) is 2. The molecule has 0 aliphatic rings. The average molecular weight is 248 g/mol. The third kappa shape index (κ3) is 2.07. The second-order valence-corrected chi connectivity index (χ2v) is 3.67. The Bertz CT molecular complexity index is 317. The van der Waals surface area contributed by atoms with Crippen LogP contribution in [0.25, 0.3) is 0 Å². The fourth-order valence-electron chi connectivity index (χ4n) is 1.20. The van der Waals surface area contributed by atoms with Crippen molar-refractivity contribution in [2.75, 3.05) is 6.54 Å². The summed E-state index contributed by atoms with van der Waals surface area (Å²) >= 11 is 3.26. The van der Waals surface area contributed by atoms with Gasteiger partial charge < -0.3 is 10.8 Å². The summed E-state index contributed by atoms with van der Waals surface area (Å²) < 4.78 is 14.0. The van der Waals surface area contributed by atoms with Gasteiger partial charge in [0.2, 0.25) is 0 Å². The van der Waals surface area contributed by atoms with E-state index in [1.54, 1.807) is 13.0 Å². The lowest BCUT2D eigenvalue weighted by Gasteiger charge is -2.13. The van der Waals surface area contributed by atoms with E-state index in [9.17, 15) is 9.50 Å². The van der Waals surface area contributed by atoms with Gasteiger partial charge in [-0.1, -0.05) is 15.9 Å². The lowest BCUT2D eigenvalue weighted by molar-refractivity contribution is 0.181. The van der Waals surface area contributed by atoms with E-state index in [1.807, 2.05) is 0 Å². The Kier molecular flexibility index (Phi) is 3.41. The number of aliphatic hydroxyl groups is 1. The molecule has 1 aromatic rings. The SMILES string of the molecule is Cc1c(Br)ccc(F)c1C(O)CN. The highest BCUT2D eigenvalue weighted by atomic mass is 79.9. The Morgan fingerprint density at radius 1 is 1.62 bits per heavy atom.